The van der Waals surface area contributed by atoms with Gasteiger partial charge in [0, 0.05) is 22.9 Å². The number of hydrogen-bond acceptors (Lipinski definition) is 5. The van der Waals surface area contributed by atoms with Crippen molar-refractivity contribution in [2.24, 2.45) is 5.92 Å². The van der Waals surface area contributed by atoms with E-state index in [2.05, 4.69) is 34.5 Å². The Hall–Kier alpha value is -1.99. The number of amides is 1. The van der Waals surface area contributed by atoms with Crippen LogP contribution < -0.4 is 10.2 Å². The van der Waals surface area contributed by atoms with Crippen LogP contribution in [-0.2, 0) is 14.6 Å². The fraction of sp³-hybridized carbons (Fsp3) is 0.381. The zero-order valence-electron chi connectivity index (χ0n) is 16.2. The van der Waals surface area contributed by atoms with E-state index in [4.69, 9.17) is 0 Å². The fourth-order valence-electron chi connectivity index (χ4n) is 3.30. The lowest BCUT2D eigenvalue weighted by Gasteiger charge is -2.32. The normalized spacial score (nSPS) is 13.2. The molecule has 3 rings (SSSR count). The van der Waals surface area contributed by atoms with Gasteiger partial charge in [0.25, 0.3) is 0 Å². The molecule has 0 saturated carbocycles. The SMILES string of the molecule is CC(C)CS(=O)(=O)CC(=O)NCCCN1c2ccccc2Sc2ccccc21. The van der Waals surface area contributed by atoms with Gasteiger partial charge < -0.3 is 10.2 Å². The highest BCUT2D eigenvalue weighted by Gasteiger charge is 2.22. The highest BCUT2D eigenvalue weighted by Crippen LogP contribution is 2.47. The van der Waals surface area contributed by atoms with E-state index in [1.54, 1.807) is 11.8 Å². The van der Waals surface area contributed by atoms with Crippen LogP contribution in [0.15, 0.2) is 58.3 Å². The van der Waals surface area contributed by atoms with Gasteiger partial charge in [-0.15, -0.1) is 0 Å². The number of anilines is 2. The van der Waals surface area contributed by atoms with E-state index in [-0.39, 0.29) is 11.7 Å². The molecule has 0 radical (unpaired) electrons. The molecule has 5 nitrogen and oxygen atoms in total. The molecule has 7 heteroatoms. The maximum Gasteiger partial charge on any atom is 0.235 e. The minimum absolute atomic E-state index is 0.0231. The molecular weight excluding hydrogens is 392 g/mol. The van der Waals surface area contributed by atoms with Crippen LogP contribution in [0, 0.1) is 5.92 Å². The fourth-order valence-corrected chi connectivity index (χ4v) is 6.04. The van der Waals surface area contributed by atoms with E-state index in [1.165, 1.54) is 9.79 Å². The predicted molar refractivity (Wildman–Crippen MR) is 115 cm³/mol. The second-order valence-electron chi connectivity index (χ2n) is 7.34. The first-order valence-corrected chi connectivity index (χ1v) is 12.1. The molecule has 0 bridgehead atoms. The minimum atomic E-state index is -3.34. The summed E-state index contributed by atoms with van der Waals surface area (Å²) in [5.41, 5.74) is 2.33. The predicted octanol–water partition coefficient (Wildman–Crippen LogP) is 3.87. The van der Waals surface area contributed by atoms with E-state index in [9.17, 15) is 13.2 Å². The van der Waals surface area contributed by atoms with Crippen molar-refractivity contribution in [2.75, 3.05) is 29.5 Å². The molecule has 1 N–H and O–H groups in total. The maximum absolute atomic E-state index is 12.0. The largest absolute Gasteiger partial charge is 0.355 e. The van der Waals surface area contributed by atoms with Gasteiger partial charge in [0.15, 0.2) is 9.84 Å². The maximum atomic E-state index is 12.0. The summed E-state index contributed by atoms with van der Waals surface area (Å²) in [5.74, 6) is -0.790. The van der Waals surface area contributed by atoms with Crippen LogP contribution in [-0.4, -0.2) is 38.9 Å². The number of carbonyl (C=O) groups is 1. The van der Waals surface area contributed by atoms with Crippen molar-refractivity contribution >= 4 is 38.9 Å². The number of nitrogens with one attached hydrogen (secondary N) is 1. The monoisotopic (exact) mass is 418 g/mol. The third-order valence-corrected chi connectivity index (χ3v) is 7.36. The summed E-state index contributed by atoms with van der Waals surface area (Å²) in [4.78, 5) is 16.7. The summed E-state index contributed by atoms with van der Waals surface area (Å²) in [5, 5.41) is 2.75. The van der Waals surface area contributed by atoms with Gasteiger partial charge in [-0.3, -0.25) is 4.79 Å². The van der Waals surface area contributed by atoms with E-state index in [0.29, 0.717) is 6.54 Å². The molecule has 150 valence electrons. The van der Waals surface area contributed by atoms with E-state index >= 15 is 0 Å². The number of para-hydroxylation sites is 2. The molecule has 0 aliphatic carbocycles. The number of fused-ring (bicyclic) bond motifs is 2. The molecule has 2 aromatic rings. The Morgan fingerprint density at radius 3 is 2.18 bits per heavy atom. The molecule has 0 saturated heterocycles. The van der Waals surface area contributed by atoms with Crippen LogP contribution in [0.1, 0.15) is 20.3 Å². The van der Waals surface area contributed by atoms with Gasteiger partial charge in [-0.1, -0.05) is 49.9 Å². The van der Waals surface area contributed by atoms with E-state index < -0.39 is 21.5 Å². The van der Waals surface area contributed by atoms with Crippen LogP contribution in [0.2, 0.25) is 0 Å². The highest BCUT2D eigenvalue weighted by atomic mass is 32.2. The lowest BCUT2D eigenvalue weighted by molar-refractivity contribution is -0.118. The average molecular weight is 419 g/mol. The average Bonchev–Trinajstić information content (AvgIpc) is 2.62. The summed E-state index contributed by atoms with van der Waals surface area (Å²) in [6.45, 7) is 4.86. The molecule has 1 aliphatic heterocycles. The van der Waals surface area contributed by atoms with Crippen molar-refractivity contribution in [1.82, 2.24) is 5.32 Å². The molecule has 28 heavy (non-hydrogen) atoms. The third kappa shape index (κ3) is 5.29. The molecule has 1 amide bonds. The Morgan fingerprint density at radius 2 is 1.61 bits per heavy atom. The highest BCUT2D eigenvalue weighted by molar-refractivity contribution is 7.99. The van der Waals surface area contributed by atoms with Gasteiger partial charge in [-0.05, 0) is 36.6 Å². The van der Waals surface area contributed by atoms with Crippen LogP contribution in [0.5, 0.6) is 0 Å². The Labute approximate surface area is 171 Å². The zero-order valence-corrected chi connectivity index (χ0v) is 17.9. The number of carbonyl (C=O) groups excluding carboxylic acids is 1. The topological polar surface area (TPSA) is 66.5 Å². The molecule has 0 aromatic heterocycles. The Balaban J connectivity index is 1.58. The first kappa shape index (κ1) is 20.7. The molecule has 0 unspecified atom stereocenters. The van der Waals surface area contributed by atoms with Gasteiger partial charge in [0.2, 0.25) is 5.91 Å². The van der Waals surface area contributed by atoms with Crippen LogP contribution in [0.3, 0.4) is 0 Å². The van der Waals surface area contributed by atoms with Crippen LogP contribution in [0.25, 0.3) is 0 Å². The summed E-state index contributed by atoms with van der Waals surface area (Å²) in [7, 11) is -3.34. The Kier molecular flexibility index (Phi) is 6.67. The smallest absolute Gasteiger partial charge is 0.235 e. The molecule has 2 aromatic carbocycles. The van der Waals surface area contributed by atoms with Crippen molar-refractivity contribution in [2.45, 2.75) is 30.1 Å². The van der Waals surface area contributed by atoms with Gasteiger partial charge in [0.1, 0.15) is 5.75 Å². The lowest BCUT2D eigenvalue weighted by atomic mass is 10.2. The van der Waals surface area contributed by atoms with Gasteiger partial charge in [0.05, 0.1) is 17.1 Å². The molecule has 0 spiro atoms. The minimum Gasteiger partial charge on any atom is -0.355 e. The van der Waals surface area contributed by atoms with E-state index in [1.807, 2.05) is 38.1 Å². The third-order valence-electron chi connectivity index (χ3n) is 4.35. The molecular formula is C21H26N2O3S2. The molecule has 0 fully saturated rings. The summed E-state index contributed by atoms with van der Waals surface area (Å²) in [6.07, 6.45) is 0.725. The van der Waals surface area contributed by atoms with Crippen LogP contribution >= 0.6 is 11.8 Å². The van der Waals surface area contributed by atoms with Crippen molar-refractivity contribution in [1.29, 1.82) is 0 Å². The first-order chi connectivity index (χ1) is 13.4. The summed E-state index contributed by atoms with van der Waals surface area (Å²) in [6, 6.07) is 16.6. The number of rotatable bonds is 8. The van der Waals surface area contributed by atoms with Crippen molar-refractivity contribution in [3.63, 3.8) is 0 Å². The Bertz CT molecular complexity index is 897. The second-order valence-corrected chi connectivity index (χ2v) is 10.5. The van der Waals surface area contributed by atoms with E-state index in [0.717, 1.165) is 24.3 Å². The Morgan fingerprint density at radius 1 is 1.04 bits per heavy atom. The quantitative estimate of drug-likeness (QED) is 0.659. The molecule has 1 heterocycles. The molecule has 1 aliphatic rings. The van der Waals surface area contributed by atoms with Crippen molar-refractivity contribution in [3.8, 4) is 0 Å². The number of benzene rings is 2. The number of hydrogen-bond donors (Lipinski definition) is 1. The standard InChI is InChI=1S/C21H26N2O3S2/c1-16(2)14-28(25,26)15-21(24)22-12-7-13-23-17-8-3-5-10-19(17)27-20-11-6-4-9-18(20)23/h3-6,8-11,16H,7,12-15H2,1-2H3,(H,22,24). The van der Waals surface area contributed by atoms with Gasteiger partial charge in [-0.25, -0.2) is 8.42 Å². The lowest BCUT2D eigenvalue weighted by Crippen LogP contribution is -2.34. The molecule has 0 atom stereocenters. The number of sulfone groups is 1. The van der Waals surface area contributed by atoms with Crippen molar-refractivity contribution < 1.29 is 13.2 Å². The number of nitrogens with zero attached hydrogens (tertiary/aromatic N) is 1. The first-order valence-electron chi connectivity index (χ1n) is 9.46. The zero-order chi connectivity index (χ0) is 20.1. The second kappa shape index (κ2) is 9.01. The summed E-state index contributed by atoms with van der Waals surface area (Å²) >= 11 is 1.76. The summed E-state index contributed by atoms with van der Waals surface area (Å²) < 4.78 is 23.9. The van der Waals surface area contributed by atoms with Gasteiger partial charge in [-0.2, -0.15) is 0 Å². The van der Waals surface area contributed by atoms with Crippen molar-refractivity contribution in [3.05, 3.63) is 48.5 Å². The van der Waals surface area contributed by atoms with Crippen LogP contribution in [0.4, 0.5) is 11.4 Å². The van der Waals surface area contributed by atoms with Gasteiger partial charge >= 0.3 is 0 Å².